The molecule has 0 fully saturated rings. The number of rotatable bonds is 6. The highest BCUT2D eigenvalue weighted by atomic mass is 16.5. The number of ether oxygens (including phenoxy) is 4. The monoisotopic (exact) mass is 295 g/mol. The fraction of sp³-hybridized carbons (Fsp3) is 0.286. The summed E-state index contributed by atoms with van der Waals surface area (Å²) in [5.41, 5.74) is 0.355. The Balaban J connectivity index is 3.16. The maximum atomic E-state index is 11.7. The molecule has 0 saturated carbocycles. The van der Waals surface area contributed by atoms with E-state index in [1.54, 1.807) is 18.2 Å². The normalized spacial score (nSPS) is 10.6. The highest BCUT2D eigenvalue weighted by molar-refractivity contribution is 5.99. The summed E-state index contributed by atoms with van der Waals surface area (Å²) < 4.78 is 19.4. The first kappa shape index (κ1) is 16.4. The Morgan fingerprint density at radius 1 is 1.05 bits per heavy atom. The Morgan fingerprint density at radius 2 is 1.76 bits per heavy atom. The minimum absolute atomic E-state index is 0.0871. The van der Waals surface area contributed by atoms with Gasteiger partial charge in [-0.2, -0.15) is 0 Å². The summed E-state index contributed by atoms with van der Waals surface area (Å²) in [4.78, 5) is 23.0. The van der Waals surface area contributed by atoms with E-state index >= 15 is 0 Å². The Kier molecular flexibility index (Phi) is 6.06. The van der Waals surface area contributed by atoms with E-state index in [1.165, 1.54) is 28.4 Å². The van der Waals surface area contributed by atoms with E-state index in [0.717, 1.165) is 6.08 Å². The van der Waals surface area contributed by atoms with Crippen LogP contribution >= 0.6 is 0 Å². The molecule has 0 saturated heterocycles. The van der Waals surface area contributed by atoms with E-state index in [1.807, 2.05) is 0 Å². The molecule has 1 aromatic carbocycles. The summed E-state index contributed by atoms with van der Waals surface area (Å²) in [6.07, 6.45) is 0.991. The molecule has 0 radical (unpaired) electrons. The third-order valence-corrected chi connectivity index (χ3v) is 2.54. The van der Waals surface area contributed by atoms with Crippen LogP contribution in [0.4, 0.5) is 5.69 Å². The molecule has 7 heteroatoms. The van der Waals surface area contributed by atoms with Crippen LogP contribution in [0.15, 0.2) is 30.0 Å². The second-order valence-electron chi connectivity index (χ2n) is 3.76. The van der Waals surface area contributed by atoms with Crippen molar-refractivity contribution in [2.45, 2.75) is 0 Å². The fourth-order valence-corrected chi connectivity index (χ4v) is 1.49. The summed E-state index contributed by atoms with van der Waals surface area (Å²) in [5, 5.41) is 2.77. The van der Waals surface area contributed by atoms with E-state index < -0.39 is 11.9 Å². The molecule has 0 atom stereocenters. The van der Waals surface area contributed by atoms with Crippen LogP contribution in [0.5, 0.6) is 11.5 Å². The summed E-state index contributed by atoms with van der Waals surface area (Å²) in [5.74, 6) is -0.383. The van der Waals surface area contributed by atoms with Crippen LogP contribution in [0, 0.1) is 0 Å². The molecule has 1 aromatic rings. The number of carbonyl (C=O) groups excluding carboxylic acids is 2. The molecule has 0 aliphatic rings. The quantitative estimate of drug-likeness (QED) is 0.626. The number of anilines is 1. The van der Waals surface area contributed by atoms with Crippen molar-refractivity contribution < 1.29 is 28.5 Å². The molecule has 21 heavy (non-hydrogen) atoms. The van der Waals surface area contributed by atoms with E-state index in [0.29, 0.717) is 17.2 Å². The van der Waals surface area contributed by atoms with E-state index in [9.17, 15) is 9.59 Å². The van der Waals surface area contributed by atoms with E-state index in [4.69, 9.17) is 9.47 Å². The smallest absolute Gasteiger partial charge is 0.354 e. The Hall–Kier alpha value is -2.70. The van der Waals surface area contributed by atoms with Crippen molar-refractivity contribution in [3.8, 4) is 11.5 Å². The van der Waals surface area contributed by atoms with Crippen molar-refractivity contribution in [1.82, 2.24) is 0 Å². The lowest BCUT2D eigenvalue weighted by molar-refractivity contribution is -0.138. The second-order valence-corrected chi connectivity index (χ2v) is 3.76. The van der Waals surface area contributed by atoms with E-state index in [2.05, 4.69) is 14.8 Å². The number of benzene rings is 1. The van der Waals surface area contributed by atoms with Crippen LogP contribution in [0.3, 0.4) is 0 Å². The molecule has 1 rings (SSSR count). The molecule has 0 aromatic heterocycles. The highest BCUT2D eigenvalue weighted by Crippen LogP contribution is 2.30. The minimum atomic E-state index is -0.717. The number of carbonyl (C=O) groups is 2. The maximum Gasteiger partial charge on any atom is 0.354 e. The van der Waals surface area contributed by atoms with Gasteiger partial charge in [0.15, 0.2) is 0 Å². The average molecular weight is 295 g/mol. The lowest BCUT2D eigenvalue weighted by Crippen LogP contribution is -2.16. The SMILES string of the molecule is COC(=O)/C=C(\Nc1cc(OC)ccc1OC)C(=O)OC. The van der Waals surface area contributed by atoms with Crippen molar-refractivity contribution in [2.24, 2.45) is 0 Å². The predicted molar refractivity (Wildman–Crippen MR) is 75.3 cm³/mol. The van der Waals surface area contributed by atoms with Gasteiger partial charge in [-0.3, -0.25) is 0 Å². The van der Waals surface area contributed by atoms with Crippen molar-refractivity contribution in [3.05, 3.63) is 30.0 Å². The molecule has 1 N–H and O–H groups in total. The lowest BCUT2D eigenvalue weighted by atomic mass is 10.2. The van der Waals surface area contributed by atoms with Crippen LogP contribution in [-0.4, -0.2) is 40.4 Å². The van der Waals surface area contributed by atoms with Crippen molar-refractivity contribution in [2.75, 3.05) is 33.8 Å². The number of hydrogen-bond donors (Lipinski definition) is 1. The second kappa shape index (κ2) is 7.78. The third-order valence-electron chi connectivity index (χ3n) is 2.54. The van der Waals surface area contributed by atoms with Gasteiger partial charge in [-0.05, 0) is 12.1 Å². The van der Waals surface area contributed by atoms with Crippen LogP contribution in [0.2, 0.25) is 0 Å². The van der Waals surface area contributed by atoms with Crippen LogP contribution < -0.4 is 14.8 Å². The molecule has 0 aliphatic heterocycles. The maximum absolute atomic E-state index is 11.7. The molecular weight excluding hydrogens is 278 g/mol. The molecule has 7 nitrogen and oxygen atoms in total. The van der Waals surface area contributed by atoms with Crippen molar-refractivity contribution in [3.63, 3.8) is 0 Å². The van der Waals surface area contributed by atoms with Gasteiger partial charge in [0.2, 0.25) is 0 Å². The largest absolute Gasteiger partial charge is 0.497 e. The summed E-state index contributed by atoms with van der Waals surface area (Å²) in [6, 6.07) is 4.98. The molecular formula is C14H17NO6. The van der Waals surface area contributed by atoms with Gasteiger partial charge in [-0.1, -0.05) is 0 Å². The Morgan fingerprint density at radius 3 is 2.29 bits per heavy atom. The van der Waals surface area contributed by atoms with Crippen molar-refractivity contribution >= 4 is 17.6 Å². The van der Waals surface area contributed by atoms with Gasteiger partial charge in [0.25, 0.3) is 0 Å². The number of hydrogen-bond acceptors (Lipinski definition) is 7. The third kappa shape index (κ3) is 4.41. The van der Waals surface area contributed by atoms with Gasteiger partial charge in [0.1, 0.15) is 17.2 Å². The van der Waals surface area contributed by atoms with E-state index in [-0.39, 0.29) is 5.70 Å². The Labute approximate surface area is 122 Å². The number of nitrogens with one attached hydrogen (secondary N) is 1. The first-order valence-corrected chi connectivity index (χ1v) is 5.92. The molecule has 114 valence electrons. The standard InChI is InChI=1S/C14H17NO6/c1-18-9-5-6-12(19-2)10(7-9)15-11(14(17)21-4)8-13(16)20-3/h5-8,15H,1-4H3/b11-8-. The summed E-state index contributed by atoms with van der Waals surface area (Å²) in [7, 11) is 5.41. The summed E-state index contributed by atoms with van der Waals surface area (Å²) >= 11 is 0. The first-order chi connectivity index (χ1) is 10.0. The first-order valence-electron chi connectivity index (χ1n) is 5.92. The lowest BCUT2D eigenvalue weighted by Gasteiger charge is -2.13. The van der Waals surface area contributed by atoms with Crippen LogP contribution in [0.25, 0.3) is 0 Å². The minimum Gasteiger partial charge on any atom is -0.497 e. The average Bonchev–Trinajstić information content (AvgIpc) is 2.52. The van der Waals surface area contributed by atoms with Gasteiger partial charge in [0, 0.05) is 6.07 Å². The van der Waals surface area contributed by atoms with Gasteiger partial charge in [0.05, 0.1) is 40.2 Å². The molecule has 0 bridgehead atoms. The number of methoxy groups -OCH3 is 4. The molecule has 0 aliphatic carbocycles. The fourth-order valence-electron chi connectivity index (χ4n) is 1.49. The highest BCUT2D eigenvalue weighted by Gasteiger charge is 2.15. The van der Waals surface area contributed by atoms with Crippen molar-refractivity contribution in [1.29, 1.82) is 0 Å². The Bertz CT molecular complexity index is 552. The number of esters is 2. The topological polar surface area (TPSA) is 83.1 Å². The zero-order valence-corrected chi connectivity index (χ0v) is 12.3. The molecule has 0 heterocycles. The van der Waals surface area contributed by atoms with Crippen LogP contribution in [0.1, 0.15) is 0 Å². The summed E-state index contributed by atoms with van der Waals surface area (Å²) in [6.45, 7) is 0. The zero-order valence-electron chi connectivity index (χ0n) is 12.3. The van der Waals surface area contributed by atoms with Gasteiger partial charge < -0.3 is 24.3 Å². The molecule has 0 amide bonds. The molecule has 0 spiro atoms. The van der Waals surface area contributed by atoms with Gasteiger partial charge in [-0.15, -0.1) is 0 Å². The van der Waals surface area contributed by atoms with Gasteiger partial charge >= 0.3 is 11.9 Å². The van der Waals surface area contributed by atoms with Gasteiger partial charge in [-0.25, -0.2) is 9.59 Å². The zero-order chi connectivity index (χ0) is 15.8. The predicted octanol–water partition coefficient (Wildman–Crippen LogP) is 1.35. The molecule has 0 unspecified atom stereocenters. The van der Waals surface area contributed by atoms with Crippen LogP contribution in [-0.2, 0) is 19.1 Å².